The van der Waals surface area contributed by atoms with Crippen LogP contribution >= 0.6 is 11.8 Å². The van der Waals surface area contributed by atoms with Gasteiger partial charge in [0.05, 0.1) is 0 Å². The molecule has 1 rings (SSSR count). The molecule has 0 bridgehead atoms. The lowest BCUT2D eigenvalue weighted by Gasteiger charge is -2.06. The van der Waals surface area contributed by atoms with Crippen LogP contribution < -0.4 is 5.32 Å². The highest BCUT2D eigenvalue weighted by Gasteiger charge is 2.28. The number of thioether (sulfide) groups is 1. The average molecular weight is 265 g/mol. The molecule has 6 heteroatoms. The molecule has 0 aliphatic rings. The van der Waals surface area contributed by atoms with Gasteiger partial charge in [0, 0.05) is 17.5 Å². The standard InChI is InChI=1S/C9H8F3NOS.C2H6/c1-6(14)13-7-2-4-8(5-3-7)15-9(10,11)12;1-2/h2-5H,1H3,(H,13,14);1-2H3. The summed E-state index contributed by atoms with van der Waals surface area (Å²) in [6.07, 6.45) is 0. The summed E-state index contributed by atoms with van der Waals surface area (Å²) >= 11 is -0.184. The Morgan fingerprint density at radius 3 is 2.00 bits per heavy atom. The van der Waals surface area contributed by atoms with Crippen molar-refractivity contribution < 1.29 is 18.0 Å². The van der Waals surface area contributed by atoms with Gasteiger partial charge in [0.1, 0.15) is 0 Å². The summed E-state index contributed by atoms with van der Waals surface area (Å²) in [6, 6.07) is 5.47. The zero-order valence-electron chi connectivity index (χ0n) is 9.76. The van der Waals surface area contributed by atoms with Crippen molar-refractivity contribution in [1.29, 1.82) is 0 Å². The largest absolute Gasteiger partial charge is 0.446 e. The molecule has 1 amide bonds. The van der Waals surface area contributed by atoms with Gasteiger partial charge in [0.15, 0.2) is 0 Å². The maximum absolute atomic E-state index is 11.9. The summed E-state index contributed by atoms with van der Waals surface area (Å²) in [5.74, 6) is -0.258. The van der Waals surface area contributed by atoms with Gasteiger partial charge in [0.25, 0.3) is 0 Å². The van der Waals surface area contributed by atoms with E-state index in [1.165, 1.54) is 31.2 Å². The zero-order chi connectivity index (χ0) is 13.5. The van der Waals surface area contributed by atoms with Gasteiger partial charge in [-0.15, -0.1) is 0 Å². The van der Waals surface area contributed by atoms with E-state index in [4.69, 9.17) is 0 Å². The monoisotopic (exact) mass is 265 g/mol. The lowest BCUT2D eigenvalue weighted by Crippen LogP contribution is -2.05. The van der Waals surface area contributed by atoms with Gasteiger partial charge in [-0.2, -0.15) is 13.2 Å². The van der Waals surface area contributed by atoms with Crippen LogP contribution in [0.15, 0.2) is 29.2 Å². The van der Waals surface area contributed by atoms with Crippen LogP contribution in [0.5, 0.6) is 0 Å². The molecule has 0 aromatic heterocycles. The number of hydrogen-bond donors (Lipinski definition) is 1. The van der Waals surface area contributed by atoms with Crippen LogP contribution in [-0.4, -0.2) is 11.4 Å². The fourth-order valence-corrected chi connectivity index (χ4v) is 1.48. The van der Waals surface area contributed by atoms with Crippen LogP contribution in [0.25, 0.3) is 0 Å². The third-order valence-corrected chi connectivity index (χ3v) is 2.15. The highest BCUT2D eigenvalue weighted by atomic mass is 32.2. The summed E-state index contributed by atoms with van der Waals surface area (Å²) in [7, 11) is 0. The van der Waals surface area contributed by atoms with E-state index in [2.05, 4.69) is 5.32 Å². The minimum Gasteiger partial charge on any atom is -0.326 e. The molecular weight excluding hydrogens is 251 g/mol. The van der Waals surface area contributed by atoms with Crippen molar-refractivity contribution >= 4 is 23.4 Å². The Balaban J connectivity index is 0.00000121. The minimum absolute atomic E-state index is 0.0941. The first-order chi connectivity index (χ1) is 7.87. The molecule has 0 unspecified atom stereocenters. The van der Waals surface area contributed by atoms with E-state index in [1.54, 1.807) is 0 Å². The maximum Gasteiger partial charge on any atom is 0.446 e. The Morgan fingerprint density at radius 1 is 1.18 bits per heavy atom. The van der Waals surface area contributed by atoms with Crippen LogP contribution in [0.2, 0.25) is 0 Å². The van der Waals surface area contributed by atoms with Gasteiger partial charge in [-0.1, -0.05) is 13.8 Å². The van der Waals surface area contributed by atoms with Crippen LogP contribution in [-0.2, 0) is 4.79 Å². The molecule has 1 aromatic rings. The average Bonchev–Trinajstić information content (AvgIpc) is 2.21. The Morgan fingerprint density at radius 2 is 1.65 bits per heavy atom. The summed E-state index contributed by atoms with van der Waals surface area (Å²) in [5.41, 5.74) is -3.80. The first-order valence-corrected chi connectivity index (χ1v) is 5.82. The van der Waals surface area contributed by atoms with Crippen LogP contribution in [0.4, 0.5) is 18.9 Å². The molecule has 0 aliphatic heterocycles. The second kappa shape index (κ2) is 7.21. The molecule has 1 N–H and O–H groups in total. The zero-order valence-corrected chi connectivity index (χ0v) is 10.6. The Bertz CT molecular complexity index is 349. The van der Waals surface area contributed by atoms with Crippen LogP contribution in [0.3, 0.4) is 0 Å². The van der Waals surface area contributed by atoms with Gasteiger partial charge in [-0.25, -0.2) is 0 Å². The summed E-state index contributed by atoms with van der Waals surface area (Å²) < 4.78 is 35.8. The molecule has 0 atom stereocenters. The van der Waals surface area contributed by atoms with E-state index in [-0.39, 0.29) is 22.6 Å². The maximum atomic E-state index is 11.9. The molecular formula is C11H14F3NOS. The molecule has 0 aliphatic carbocycles. The minimum atomic E-state index is -4.28. The third kappa shape index (κ3) is 7.68. The van der Waals surface area contributed by atoms with Gasteiger partial charge in [0.2, 0.25) is 5.91 Å². The van der Waals surface area contributed by atoms with Gasteiger partial charge < -0.3 is 5.32 Å². The van der Waals surface area contributed by atoms with E-state index >= 15 is 0 Å². The fourth-order valence-electron chi connectivity index (χ4n) is 0.943. The van der Waals surface area contributed by atoms with Crippen molar-refractivity contribution in [3.05, 3.63) is 24.3 Å². The molecule has 96 valence electrons. The first-order valence-electron chi connectivity index (χ1n) is 5.00. The normalized spacial score (nSPS) is 10.2. The van der Waals surface area contributed by atoms with Gasteiger partial charge >= 0.3 is 5.51 Å². The van der Waals surface area contributed by atoms with Crippen molar-refractivity contribution in [2.45, 2.75) is 31.2 Å². The Kier molecular flexibility index (Phi) is 6.72. The fraction of sp³-hybridized carbons (Fsp3) is 0.364. The molecule has 2 nitrogen and oxygen atoms in total. The number of hydrogen-bond acceptors (Lipinski definition) is 2. The van der Waals surface area contributed by atoms with E-state index < -0.39 is 5.51 Å². The molecule has 0 saturated heterocycles. The number of carbonyl (C=O) groups is 1. The molecule has 0 fully saturated rings. The van der Waals surface area contributed by atoms with Crippen molar-refractivity contribution in [2.75, 3.05) is 5.32 Å². The quantitative estimate of drug-likeness (QED) is 0.808. The smallest absolute Gasteiger partial charge is 0.326 e. The summed E-state index contributed by atoms with van der Waals surface area (Å²) in [6.45, 7) is 5.33. The highest BCUT2D eigenvalue weighted by molar-refractivity contribution is 8.00. The summed E-state index contributed by atoms with van der Waals surface area (Å²) in [5, 5.41) is 2.47. The van der Waals surface area contributed by atoms with Crippen molar-refractivity contribution in [3.63, 3.8) is 0 Å². The molecule has 17 heavy (non-hydrogen) atoms. The van der Waals surface area contributed by atoms with Crippen molar-refractivity contribution in [2.24, 2.45) is 0 Å². The van der Waals surface area contributed by atoms with E-state index in [0.29, 0.717) is 5.69 Å². The van der Waals surface area contributed by atoms with E-state index in [1.807, 2.05) is 13.8 Å². The number of benzene rings is 1. The van der Waals surface area contributed by atoms with Gasteiger partial charge in [-0.05, 0) is 36.0 Å². The third-order valence-electron chi connectivity index (χ3n) is 1.41. The molecule has 1 aromatic carbocycles. The lowest BCUT2D eigenvalue weighted by atomic mass is 10.3. The number of nitrogens with one attached hydrogen (secondary N) is 1. The van der Waals surface area contributed by atoms with Crippen LogP contribution in [0, 0.1) is 0 Å². The number of carbonyl (C=O) groups excluding carboxylic acids is 1. The molecule has 0 heterocycles. The van der Waals surface area contributed by atoms with Crippen LogP contribution in [0.1, 0.15) is 20.8 Å². The van der Waals surface area contributed by atoms with E-state index in [9.17, 15) is 18.0 Å². The highest BCUT2D eigenvalue weighted by Crippen LogP contribution is 2.36. The van der Waals surface area contributed by atoms with Gasteiger partial charge in [-0.3, -0.25) is 4.79 Å². The second-order valence-electron chi connectivity index (χ2n) is 2.75. The number of amides is 1. The lowest BCUT2D eigenvalue weighted by molar-refractivity contribution is -0.114. The SMILES string of the molecule is CC.CC(=O)Nc1ccc(SC(F)(F)F)cc1. The molecule has 0 radical (unpaired) electrons. The predicted molar refractivity (Wildman–Crippen MR) is 64.0 cm³/mol. The topological polar surface area (TPSA) is 29.1 Å². The molecule has 0 saturated carbocycles. The number of rotatable bonds is 2. The Hall–Kier alpha value is -1.17. The van der Waals surface area contributed by atoms with E-state index in [0.717, 1.165) is 0 Å². The Labute approximate surface area is 103 Å². The number of alkyl halides is 3. The second-order valence-corrected chi connectivity index (χ2v) is 3.89. The molecule has 0 spiro atoms. The number of anilines is 1. The first kappa shape index (κ1) is 15.8. The number of halogens is 3. The predicted octanol–water partition coefficient (Wildman–Crippen LogP) is 4.28. The van der Waals surface area contributed by atoms with Crippen molar-refractivity contribution in [1.82, 2.24) is 0 Å². The summed E-state index contributed by atoms with van der Waals surface area (Å²) in [4.78, 5) is 10.7. The van der Waals surface area contributed by atoms with Crippen molar-refractivity contribution in [3.8, 4) is 0 Å².